The maximum Gasteiger partial charge on any atom is 0.223 e. The minimum absolute atomic E-state index is 0.115. The van der Waals surface area contributed by atoms with Gasteiger partial charge in [-0.25, -0.2) is 0 Å². The maximum atomic E-state index is 12.2. The van der Waals surface area contributed by atoms with Crippen LogP contribution in [0.25, 0.3) is 6.08 Å². The minimum Gasteiger partial charge on any atom is -0.485 e. The molecule has 0 unspecified atom stereocenters. The van der Waals surface area contributed by atoms with E-state index in [4.69, 9.17) is 4.74 Å². The van der Waals surface area contributed by atoms with Crippen LogP contribution in [0.2, 0.25) is 0 Å². The first-order valence-corrected chi connectivity index (χ1v) is 7.87. The number of carbonyl (C=O) groups is 1. The molecule has 4 nitrogen and oxygen atoms in total. The fourth-order valence-electron chi connectivity index (χ4n) is 3.38. The molecule has 1 N–H and O–H groups in total. The van der Waals surface area contributed by atoms with E-state index in [1.54, 1.807) is 0 Å². The van der Waals surface area contributed by atoms with E-state index in [1.165, 1.54) is 0 Å². The van der Waals surface area contributed by atoms with Crippen molar-refractivity contribution in [2.75, 3.05) is 6.54 Å². The fraction of sp³-hybridized carbons (Fsp3) is 0.500. The summed E-state index contributed by atoms with van der Waals surface area (Å²) in [4.78, 5) is 14.0. The lowest BCUT2D eigenvalue weighted by atomic mass is 9.85. The summed E-state index contributed by atoms with van der Waals surface area (Å²) in [6.45, 7) is 6.40. The van der Waals surface area contributed by atoms with Gasteiger partial charge in [0.15, 0.2) is 0 Å². The average molecular weight is 301 g/mol. The van der Waals surface area contributed by atoms with Crippen LogP contribution in [0.4, 0.5) is 0 Å². The zero-order valence-electron chi connectivity index (χ0n) is 13.4. The Bertz CT molecular complexity index is 621. The second-order valence-corrected chi connectivity index (χ2v) is 6.58. The first-order valence-electron chi connectivity index (χ1n) is 7.87. The third-order valence-corrected chi connectivity index (χ3v) is 4.54. The van der Waals surface area contributed by atoms with Crippen LogP contribution in [-0.2, 0) is 4.79 Å². The summed E-state index contributed by atoms with van der Waals surface area (Å²) in [5, 5.41) is 10.8. The lowest BCUT2D eigenvalue weighted by Gasteiger charge is -2.45. The van der Waals surface area contributed by atoms with Crippen molar-refractivity contribution in [2.24, 2.45) is 0 Å². The van der Waals surface area contributed by atoms with Gasteiger partial charge in [-0.3, -0.25) is 4.79 Å². The van der Waals surface area contributed by atoms with E-state index in [0.29, 0.717) is 13.0 Å². The molecule has 22 heavy (non-hydrogen) atoms. The van der Waals surface area contributed by atoms with Crippen LogP contribution in [0.5, 0.6) is 5.75 Å². The number of benzene rings is 1. The van der Waals surface area contributed by atoms with Crippen molar-refractivity contribution in [2.45, 2.75) is 51.4 Å². The van der Waals surface area contributed by atoms with Gasteiger partial charge in [0.25, 0.3) is 0 Å². The van der Waals surface area contributed by atoms with Crippen LogP contribution in [0.15, 0.2) is 24.3 Å². The van der Waals surface area contributed by atoms with Gasteiger partial charge in [-0.2, -0.15) is 0 Å². The molecule has 2 aliphatic rings. The van der Waals surface area contributed by atoms with Crippen molar-refractivity contribution >= 4 is 12.0 Å². The molecule has 0 saturated carbocycles. The zero-order valence-corrected chi connectivity index (χ0v) is 13.4. The van der Waals surface area contributed by atoms with E-state index < -0.39 is 11.7 Å². The normalized spacial score (nSPS) is 27.1. The minimum atomic E-state index is -0.747. The van der Waals surface area contributed by atoms with Gasteiger partial charge < -0.3 is 14.7 Å². The predicted molar refractivity (Wildman–Crippen MR) is 85.6 cm³/mol. The Hall–Kier alpha value is -1.81. The number of hydrogen-bond donors (Lipinski definition) is 1. The molecule has 1 fully saturated rings. The number of aliphatic hydroxyl groups excluding tert-OH is 1. The molecule has 0 radical (unpaired) electrons. The van der Waals surface area contributed by atoms with Crippen molar-refractivity contribution in [3.8, 4) is 5.75 Å². The van der Waals surface area contributed by atoms with Crippen molar-refractivity contribution in [1.29, 1.82) is 0 Å². The largest absolute Gasteiger partial charge is 0.485 e. The van der Waals surface area contributed by atoms with E-state index in [2.05, 4.69) is 0 Å². The van der Waals surface area contributed by atoms with Crippen LogP contribution >= 0.6 is 0 Å². The molecule has 2 atom stereocenters. The highest BCUT2D eigenvalue weighted by Gasteiger charge is 2.47. The highest BCUT2D eigenvalue weighted by molar-refractivity contribution is 5.79. The number of likely N-dealkylation sites (tertiary alicyclic amines) is 1. The first-order chi connectivity index (χ1) is 10.4. The number of rotatable bonds is 2. The Labute approximate surface area is 131 Å². The number of hydrogen-bond acceptors (Lipinski definition) is 3. The van der Waals surface area contributed by atoms with Gasteiger partial charge in [0, 0.05) is 18.5 Å². The van der Waals surface area contributed by atoms with E-state index in [1.807, 2.05) is 56.0 Å². The number of allylic oxidation sites excluding steroid dienone is 1. The molecule has 118 valence electrons. The topological polar surface area (TPSA) is 49.8 Å². The molecule has 0 bridgehead atoms. The third kappa shape index (κ3) is 2.41. The van der Waals surface area contributed by atoms with Crippen molar-refractivity contribution < 1.29 is 14.6 Å². The maximum absolute atomic E-state index is 12.2. The second-order valence-electron chi connectivity index (χ2n) is 6.58. The fourth-order valence-corrected chi connectivity index (χ4v) is 3.38. The average Bonchev–Trinajstić information content (AvgIpc) is 2.87. The number of ether oxygens (including phenoxy) is 1. The molecule has 0 spiro atoms. The van der Waals surface area contributed by atoms with Gasteiger partial charge in [0.2, 0.25) is 5.91 Å². The molecule has 2 heterocycles. The quantitative estimate of drug-likeness (QED) is 0.913. The van der Waals surface area contributed by atoms with E-state index >= 15 is 0 Å². The summed E-state index contributed by atoms with van der Waals surface area (Å²) in [5.41, 5.74) is 1.23. The van der Waals surface area contributed by atoms with Crippen LogP contribution < -0.4 is 4.74 Å². The van der Waals surface area contributed by atoms with Gasteiger partial charge in [-0.05, 0) is 44.9 Å². The van der Waals surface area contributed by atoms with Crippen LogP contribution in [0.1, 0.15) is 50.8 Å². The van der Waals surface area contributed by atoms with Gasteiger partial charge >= 0.3 is 0 Å². The van der Waals surface area contributed by atoms with Crippen molar-refractivity contribution in [1.82, 2.24) is 4.90 Å². The van der Waals surface area contributed by atoms with Crippen LogP contribution in [0, 0.1) is 0 Å². The summed E-state index contributed by atoms with van der Waals surface area (Å²) >= 11 is 0. The molecule has 1 saturated heterocycles. The molecule has 0 aliphatic carbocycles. The Morgan fingerprint density at radius 3 is 2.82 bits per heavy atom. The molecule has 1 aromatic carbocycles. The Morgan fingerprint density at radius 1 is 1.41 bits per heavy atom. The molecular formula is C18H23NO3. The van der Waals surface area contributed by atoms with Crippen LogP contribution in [0.3, 0.4) is 0 Å². The number of carbonyl (C=O) groups excluding carboxylic acids is 1. The highest BCUT2D eigenvalue weighted by atomic mass is 16.5. The van der Waals surface area contributed by atoms with Gasteiger partial charge in [0.1, 0.15) is 17.5 Å². The highest BCUT2D eigenvalue weighted by Crippen LogP contribution is 2.44. The van der Waals surface area contributed by atoms with Crippen molar-refractivity contribution in [3.05, 3.63) is 35.4 Å². The SMILES string of the molecule is C/C=C\c1ccc2c(c1)[C@H](N1CCCC1=O)[C@@H](O)C(C)(C)O2. The summed E-state index contributed by atoms with van der Waals surface area (Å²) in [6.07, 6.45) is 4.65. The van der Waals surface area contributed by atoms with E-state index in [9.17, 15) is 9.90 Å². The standard InChI is InChI=1S/C18H23NO3/c1-4-6-12-8-9-14-13(11-12)16(17(21)18(2,3)22-14)19-10-5-7-15(19)20/h4,6,8-9,11,16-17,21H,5,7,10H2,1-3H3/b6-4-/t16-,17+/m0/s1. The number of aliphatic hydroxyl groups is 1. The molecular weight excluding hydrogens is 278 g/mol. The Morgan fingerprint density at radius 2 is 2.18 bits per heavy atom. The summed E-state index contributed by atoms with van der Waals surface area (Å²) in [5.74, 6) is 0.873. The summed E-state index contributed by atoms with van der Waals surface area (Å²) in [7, 11) is 0. The van der Waals surface area contributed by atoms with E-state index in [-0.39, 0.29) is 11.9 Å². The van der Waals surface area contributed by atoms with Crippen molar-refractivity contribution in [3.63, 3.8) is 0 Å². The Balaban J connectivity index is 2.10. The Kier molecular flexibility index (Phi) is 3.73. The van der Waals surface area contributed by atoms with Gasteiger partial charge in [-0.1, -0.05) is 18.2 Å². The summed E-state index contributed by atoms with van der Waals surface area (Å²) < 4.78 is 5.98. The molecule has 1 aromatic rings. The lowest BCUT2D eigenvalue weighted by molar-refractivity contribution is -0.139. The lowest BCUT2D eigenvalue weighted by Crippen LogP contribution is -2.53. The van der Waals surface area contributed by atoms with Crippen LogP contribution in [-0.4, -0.2) is 34.2 Å². The second kappa shape index (κ2) is 5.43. The predicted octanol–water partition coefficient (Wildman–Crippen LogP) is 2.92. The molecule has 2 aliphatic heterocycles. The molecule has 0 aromatic heterocycles. The molecule has 1 amide bonds. The zero-order chi connectivity index (χ0) is 15.9. The monoisotopic (exact) mass is 301 g/mol. The summed E-state index contributed by atoms with van der Waals surface area (Å²) in [6, 6.07) is 5.62. The van der Waals surface area contributed by atoms with Gasteiger partial charge in [0.05, 0.1) is 6.04 Å². The number of fused-ring (bicyclic) bond motifs is 1. The van der Waals surface area contributed by atoms with E-state index in [0.717, 1.165) is 23.3 Å². The van der Waals surface area contributed by atoms with Gasteiger partial charge in [-0.15, -0.1) is 0 Å². The smallest absolute Gasteiger partial charge is 0.223 e. The molecule has 4 heteroatoms. The number of nitrogens with zero attached hydrogens (tertiary/aromatic N) is 1. The first kappa shape index (κ1) is 15.1. The number of amides is 1. The molecule has 3 rings (SSSR count). The third-order valence-electron chi connectivity index (χ3n) is 4.54.